The highest BCUT2D eigenvalue weighted by atomic mass is 127. The van der Waals surface area contributed by atoms with Gasteiger partial charge in [0.05, 0.1) is 19.2 Å². The van der Waals surface area contributed by atoms with Crippen LogP contribution in [0.15, 0.2) is 53.5 Å². The highest BCUT2D eigenvalue weighted by Gasteiger charge is 2.12. The van der Waals surface area contributed by atoms with Crippen LogP contribution in [-0.2, 0) is 20.1 Å². The number of aliphatic imine (C=N–C) groups is 1. The Morgan fingerprint density at radius 3 is 2.39 bits per heavy atom. The molecule has 0 saturated carbocycles. The number of guanidine groups is 1. The predicted octanol–water partition coefficient (Wildman–Crippen LogP) is 4.02. The second-order valence-corrected chi connectivity index (χ2v) is 7.70. The minimum atomic E-state index is -0.804. The molecule has 1 unspecified atom stereocenters. The van der Waals surface area contributed by atoms with E-state index in [1.54, 1.807) is 18.2 Å². The maximum Gasteiger partial charge on any atom is 0.192 e. The smallest absolute Gasteiger partial charge is 0.192 e. The summed E-state index contributed by atoms with van der Waals surface area (Å²) in [5.74, 6) is 2.16. The minimum absolute atomic E-state index is 0. The third kappa shape index (κ3) is 7.64. The molecule has 0 spiro atoms. The Morgan fingerprint density at radius 2 is 1.77 bits per heavy atom. The lowest BCUT2D eigenvalue weighted by Gasteiger charge is -2.16. The van der Waals surface area contributed by atoms with Crippen LogP contribution in [0.3, 0.4) is 0 Å². The molecule has 0 aliphatic carbocycles. The Morgan fingerprint density at radius 1 is 1.10 bits per heavy atom. The van der Waals surface area contributed by atoms with Crippen LogP contribution in [0.5, 0.6) is 0 Å². The lowest BCUT2D eigenvalue weighted by molar-refractivity contribution is 0.181. The van der Waals surface area contributed by atoms with Crippen molar-refractivity contribution in [2.75, 3.05) is 6.54 Å². The van der Waals surface area contributed by atoms with Crippen LogP contribution in [0.4, 0.5) is 0 Å². The number of hydrogen-bond acceptors (Lipinski definition) is 4. The van der Waals surface area contributed by atoms with Crippen molar-refractivity contribution in [1.82, 2.24) is 25.4 Å². The van der Waals surface area contributed by atoms with Gasteiger partial charge in [0, 0.05) is 23.6 Å². The molecule has 1 atom stereocenters. The van der Waals surface area contributed by atoms with Gasteiger partial charge in [0.2, 0.25) is 0 Å². The van der Waals surface area contributed by atoms with Gasteiger partial charge in [-0.05, 0) is 36.2 Å². The van der Waals surface area contributed by atoms with Crippen molar-refractivity contribution in [2.45, 2.75) is 26.1 Å². The molecule has 31 heavy (non-hydrogen) atoms. The van der Waals surface area contributed by atoms with Crippen LogP contribution in [-0.4, -0.2) is 32.4 Å². The number of rotatable bonds is 7. The van der Waals surface area contributed by atoms with Crippen molar-refractivity contribution in [3.8, 4) is 0 Å². The fourth-order valence-corrected chi connectivity index (χ4v) is 3.32. The minimum Gasteiger partial charge on any atom is -0.387 e. The zero-order chi connectivity index (χ0) is 21.5. The van der Waals surface area contributed by atoms with Crippen LogP contribution >= 0.6 is 47.2 Å². The molecule has 166 valence electrons. The zero-order valence-corrected chi connectivity index (χ0v) is 21.1. The first-order chi connectivity index (χ1) is 14.4. The third-order valence-corrected chi connectivity index (χ3v) is 5.03. The van der Waals surface area contributed by atoms with Crippen LogP contribution in [0, 0.1) is 6.92 Å². The molecule has 3 aromatic rings. The van der Waals surface area contributed by atoms with Crippen molar-refractivity contribution in [3.05, 3.63) is 81.4 Å². The molecule has 0 bridgehead atoms. The van der Waals surface area contributed by atoms with Crippen LogP contribution in [0.25, 0.3) is 0 Å². The van der Waals surface area contributed by atoms with E-state index in [9.17, 15) is 5.11 Å². The molecule has 2 aromatic carbocycles. The van der Waals surface area contributed by atoms with Crippen molar-refractivity contribution < 1.29 is 5.11 Å². The topological polar surface area (TPSA) is 87.4 Å². The number of aryl methyl sites for hydroxylation is 1. The summed E-state index contributed by atoms with van der Waals surface area (Å²) >= 11 is 12.1. The number of nitrogens with one attached hydrogen (secondary N) is 2. The van der Waals surface area contributed by atoms with Crippen molar-refractivity contribution in [1.29, 1.82) is 0 Å². The molecule has 10 heteroatoms. The Balaban J connectivity index is 0.00000341. The van der Waals surface area contributed by atoms with Gasteiger partial charge in [-0.1, -0.05) is 53.5 Å². The van der Waals surface area contributed by atoms with Gasteiger partial charge in [0.1, 0.15) is 5.82 Å². The van der Waals surface area contributed by atoms with Gasteiger partial charge in [0.15, 0.2) is 11.8 Å². The Labute approximate surface area is 208 Å². The number of aromatic nitrogens is 3. The highest BCUT2D eigenvalue weighted by molar-refractivity contribution is 14.0. The molecule has 1 aromatic heterocycles. The maximum absolute atomic E-state index is 10.5. The number of nitrogens with zero attached hydrogens (tertiary/aromatic N) is 4. The first-order valence-electron chi connectivity index (χ1n) is 9.47. The predicted molar refractivity (Wildman–Crippen MR) is 135 cm³/mol. The maximum atomic E-state index is 10.5. The fraction of sp³-hybridized carbons (Fsp3) is 0.286. The summed E-state index contributed by atoms with van der Waals surface area (Å²) in [5.41, 5.74) is 1.71. The molecule has 0 radical (unpaired) electrons. The van der Waals surface area contributed by atoms with E-state index in [1.165, 1.54) is 0 Å². The number of hydrogen-bond donors (Lipinski definition) is 3. The molecular formula is C21H25Cl2IN6O. The summed E-state index contributed by atoms with van der Waals surface area (Å²) in [7, 11) is 1.91. The molecule has 0 fully saturated rings. The molecule has 3 rings (SSSR count). The van der Waals surface area contributed by atoms with Crippen molar-refractivity contribution in [2.24, 2.45) is 12.0 Å². The average Bonchev–Trinajstić information content (AvgIpc) is 3.05. The van der Waals surface area contributed by atoms with Crippen LogP contribution < -0.4 is 10.6 Å². The van der Waals surface area contributed by atoms with E-state index in [2.05, 4.69) is 25.8 Å². The number of benzene rings is 2. The normalized spacial score (nSPS) is 12.2. The summed E-state index contributed by atoms with van der Waals surface area (Å²) in [5, 5.41) is 26.1. The van der Waals surface area contributed by atoms with Gasteiger partial charge in [-0.3, -0.25) is 0 Å². The van der Waals surface area contributed by atoms with E-state index < -0.39 is 6.10 Å². The molecule has 3 N–H and O–H groups in total. The lowest BCUT2D eigenvalue weighted by atomic mass is 10.1. The molecule has 0 aliphatic heterocycles. The SMILES string of the molecule is Cc1nnc(CNC(=NCc2ccccc2)NCC(O)c2cc(Cl)cc(Cl)c2)n1C.I. The van der Waals surface area contributed by atoms with Gasteiger partial charge in [-0.25, -0.2) is 4.99 Å². The van der Waals surface area contributed by atoms with E-state index in [0.29, 0.717) is 34.7 Å². The first kappa shape index (κ1) is 25.4. The van der Waals surface area contributed by atoms with E-state index in [4.69, 9.17) is 23.2 Å². The fourth-order valence-electron chi connectivity index (χ4n) is 2.77. The zero-order valence-electron chi connectivity index (χ0n) is 17.2. The molecule has 0 aliphatic rings. The quantitative estimate of drug-likeness (QED) is 0.225. The lowest BCUT2D eigenvalue weighted by Crippen LogP contribution is -2.39. The van der Waals surface area contributed by atoms with Crippen LogP contribution in [0.1, 0.15) is 28.9 Å². The molecule has 0 amide bonds. The van der Waals surface area contributed by atoms with E-state index in [-0.39, 0.29) is 30.5 Å². The standard InChI is InChI=1S/C21H24Cl2N6O.HI/c1-14-27-28-20(29(14)2)13-26-21(24-11-15-6-4-3-5-7-15)25-12-19(30)16-8-17(22)10-18(23)9-16;/h3-10,19,30H,11-13H2,1-2H3,(H2,24,25,26);1H. The van der Waals surface area contributed by atoms with E-state index >= 15 is 0 Å². The molecule has 0 saturated heterocycles. The van der Waals surface area contributed by atoms with Crippen molar-refractivity contribution >= 4 is 53.1 Å². The van der Waals surface area contributed by atoms with E-state index in [1.807, 2.05) is 48.9 Å². The second-order valence-electron chi connectivity index (χ2n) is 6.83. The van der Waals surface area contributed by atoms with Crippen molar-refractivity contribution in [3.63, 3.8) is 0 Å². The summed E-state index contributed by atoms with van der Waals surface area (Å²) in [6.07, 6.45) is -0.804. The van der Waals surface area contributed by atoms with Gasteiger partial charge in [0.25, 0.3) is 0 Å². The first-order valence-corrected chi connectivity index (χ1v) is 10.2. The summed E-state index contributed by atoms with van der Waals surface area (Å²) < 4.78 is 1.91. The average molecular weight is 575 g/mol. The summed E-state index contributed by atoms with van der Waals surface area (Å²) in [4.78, 5) is 4.62. The van der Waals surface area contributed by atoms with Gasteiger partial charge < -0.3 is 20.3 Å². The number of halogens is 3. The Hall–Kier alpha value is -1.88. The largest absolute Gasteiger partial charge is 0.387 e. The highest BCUT2D eigenvalue weighted by Crippen LogP contribution is 2.23. The van der Waals surface area contributed by atoms with Gasteiger partial charge in [-0.15, -0.1) is 34.2 Å². The monoisotopic (exact) mass is 574 g/mol. The van der Waals surface area contributed by atoms with E-state index in [0.717, 1.165) is 17.2 Å². The number of aliphatic hydroxyl groups is 1. The number of aliphatic hydroxyl groups excluding tert-OH is 1. The Bertz CT molecular complexity index is 992. The molecular weight excluding hydrogens is 550 g/mol. The summed E-state index contributed by atoms with van der Waals surface area (Å²) in [6.45, 7) is 3.06. The molecule has 1 heterocycles. The van der Waals surface area contributed by atoms with Gasteiger partial charge in [-0.2, -0.15) is 0 Å². The third-order valence-electron chi connectivity index (χ3n) is 4.59. The second kappa shape index (κ2) is 12.2. The van der Waals surface area contributed by atoms with Crippen LogP contribution in [0.2, 0.25) is 10.0 Å². The molecule has 7 nitrogen and oxygen atoms in total. The Kier molecular flexibility index (Phi) is 10.0. The summed E-state index contributed by atoms with van der Waals surface area (Å²) in [6, 6.07) is 14.9. The van der Waals surface area contributed by atoms with Gasteiger partial charge >= 0.3 is 0 Å².